The van der Waals surface area contributed by atoms with Gasteiger partial charge >= 0.3 is 0 Å². The summed E-state index contributed by atoms with van der Waals surface area (Å²) in [5.41, 5.74) is 13.1. The van der Waals surface area contributed by atoms with Gasteiger partial charge in [-0.2, -0.15) is 0 Å². The summed E-state index contributed by atoms with van der Waals surface area (Å²) in [5.74, 6) is -0.303. The molecule has 17 heavy (non-hydrogen) atoms. The Balaban J connectivity index is 2.15. The first-order valence-electron chi connectivity index (χ1n) is 6.02. The summed E-state index contributed by atoms with van der Waals surface area (Å²) in [6, 6.07) is 8.05. The van der Waals surface area contributed by atoms with Crippen LogP contribution in [0.4, 0.5) is 0 Å². The third-order valence-electron chi connectivity index (χ3n) is 3.74. The van der Waals surface area contributed by atoms with Gasteiger partial charge in [-0.3, -0.25) is 4.79 Å². The molecule has 1 amide bonds. The van der Waals surface area contributed by atoms with Gasteiger partial charge in [0.1, 0.15) is 0 Å². The lowest BCUT2D eigenvalue weighted by molar-refractivity contribution is -0.122. The van der Waals surface area contributed by atoms with Crippen LogP contribution in [0.2, 0.25) is 0 Å². The van der Waals surface area contributed by atoms with Gasteiger partial charge in [0.05, 0.1) is 5.41 Å². The molecule has 92 valence electrons. The molecule has 1 aromatic rings. The Morgan fingerprint density at radius 1 is 1.29 bits per heavy atom. The van der Waals surface area contributed by atoms with E-state index in [-0.39, 0.29) is 11.4 Å². The summed E-state index contributed by atoms with van der Waals surface area (Å²) in [5, 5.41) is 0. The highest BCUT2D eigenvalue weighted by atomic mass is 16.1. The highest BCUT2D eigenvalue weighted by Crippen LogP contribution is 2.35. The molecule has 0 aliphatic heterocycles. The lowest BCUT2D eigenvalue weighted by Crippen LogP contribution is -2.35. The molecule has 1 aromatic carbocycles. The van der Waals surface area contributed by atoms with Crippen LogP contribution in [-0.2, 0) is 16.6 Å². The predicted octanol–water partition coefficient (Wildman–Crippen LogP) is 1.48. The minimum Gasteiger partial charge on any atom is -0.369 e. The highest BCUT2D eigenvalue weighted by Gasteiger charge is 2.38. The molecule has 0 saturated heterocycles. The van der Waals surface area contributed by atoms with Crippen LogP contribution in [0.25, 0.3) is 0 Å². The second kappa shape index (κ2) is 3.84. The molecule has 1 aliphatic rings. The number of benzene rings is 1. The van der Waals surface area contributed by atoms with Crippen molar-refractivity contribution in [2.45, 2.75) is 44.1 Å². The van der Waals surface area contributed by atoms with Crippen molar-refractivity contribution >= 4 is 5.91 Å². The molecule has 0 aromatic heterocycles. The molecule has 3 heteroatoms. The monoisotopic (exact) mass is 232 g/mol. The molecular formula is C14H20N2O. The Morgan fingerprint density at radius 3 is 2.24 bits per heavy atom. The third-order valence-corrected chi connectivity index (χ3v) is 3.74. The van der Waals surface area contributed by atoms with Crippen LogP contribution in [0.3, 0.4) is 0 Å². The van der Waals surface area contributed by atoms with Gasteiger partial charge in [0.25, 0.3) is 0 Å². The Morgan fingerprint density at radius 2 is 1.82 bits per heavy atom. The van der Waals surface area contributed by atoms with Crippen LogP contribution in [0.5, 0.6) is 0 Å². The van der Waals surface area contributed by atoms with E-state index in [0.29, 0.717) is 0 Å². The molecule has 0 bridgehead atoms. The zero-order chi connectivity index (χ0) is 12.7. The topological polar surface area (TPSA) is 69.1 Å². The summed E-state index contributed by atoms with van der Waals surface area (Å²) in [4.78, 5) is 11.3. The van der Waals surface area contributed by atoms with Gasteiger partial charge in [-0.05, 0) is 44.2 Å². The number of primary amides is 1. The summed E-state index contributed by atoms with van der Waals surface area (Å²) < 4.78 is 0. The summed E-state index contributed by atoms with van der Waals surface area (Å²) in [6.07, 6.45) is 3.15. The Labute approximate surface area is 102 Å². The zero-order valence-electron chi connectivity index (χ0n) is 10.5. The summed E-state index contributed by atoms with van der Waals surface area (Å²) >= 11 is 0. The van der Waals surface area contributed by atoms with Crippen LogP contribution in [0, 0.1) is 0 Å². The number of amides is 1. The number of hydrogen-bond acceptors (Lipinski definition) is 2. The molecule has 1 fully saturated rings. The summed E-state index contributed by atoms with van der Waals surface area (Å²) in [6.45, 7) is 3.69. The van der Waals surface area contributed by atoms with E-state index in [1.54, 1.807) is 0 Å². The van der Waals surface area contributed by atoms with Gasteiger partial charge in [-0.1, -0.05) is 24.3 Å². The van der Waals surface area contributed by atoms with Gasteiger partial charge in [0, 0.05) is 5.54 Å². The molecule has 0 spiro atoms. The number of hydrogen-bond donors (Lipinski definition) is 2. The fraction of sp³-hybridized carbons (Fsp3) is 0.500. The van der Waals surface area contributed by atoms with Crippen molar-refractivity contribution in [3.05, 3.63) is 35.4 Å². The Bertz CT molecular complexity index is 430. The van der Waals surface area contributed by atoms with Gasteiger partial charge in [0.15, 0.2) is 0 Å². The highest BCUT2D eigenvalue weighted by molar-refractivity contribution is 5.85. The SMILES string of the molecule is CC(C)(C(N)=O)c1ccc(CC2(N)CC2)cc1. The first-order chi connectivity index (χ1) is 7.83. The van der Waals surface area contributed by atoms with Crippen molar-refractivity contribution < 1.29 is 4.79 Å². The van der Waals surface area contributed by atoms with Crippen molar-refractivity contribution in [3.63, 3.8) is 0 Å². The molecule has 1 aliphatic carbocycles. The molecular weight excluding hydrogens is 212 g/mol. The molecule has 0 heterocycles. The van der Waals surface area contributed by atoms with Crippen LogP contribution < -0.4 is 11.5 Å². The maximum absolute atomic E-state index is 11.3. The van der Waals surface area contributed by atoms with E-state index in [9.17, 15) is 4.79 Å². The van der Waals surface area contributed by atoms with Crippen molar-refractivity contribution in [1.29, 1.82) is 0 Å². The average molecular weight is 232 g/mol. The van der Waals surface area contributed by atoms with Crippen molar-refractivity contribution in [1.82, 2.24) is 0 Å². The molecule has 4 N–H and O–H groups in total. The van der Waals surface area contributed by atoms with Gasteiger partial charge in [0.2, 0.25) is 5.91 Å². The maximum atomic E-state index is 11.3. The van der Waals surface area contributed by atoms with Crippen LogP contribution in [-0.4, -0.2) is 11.4 Å². The van der Waals surface area contributed by atoms with Crippen molar-refractivity contribution in [2.75, 3.05) is 0 Å². The average Bonchev–Trinajstić information content (AvgIpc) is 2.96. The predicted molar refractivity (Wildman–Crippen MR) is 68.5 cm³/mol. The van der Waals surface area contributed by atoms with E-state index in [1.165, 1.54) is 5.56 Å². The zero-order valence-corrected chi connectivity index (χ0v) is 10.5. The Hall–Kier alpha value is -1.35. The van der Waals surface area contributed by atoms with Gasteiger partial charge < -0.3 is 11.5 Å². The fourth-order valence-electron chi connectivity index (χ4n) is 1.93. The van der Waals surface area contributed by atoms with E-state index in [2.05, 4.69) is 0 Å². The fourth-order valence-corrected chi connectivity index (χ4v) is 1.93. The van der Waals surface area contributed by atoms with Crippen LogP contribution >= 0.6 is 0 Å². The summed E-state index contributed by atoms with van der Waals surface area (Å²) in [7, 11) is 0. The van der Waals surface area contributed by atoms with E-state index in [4.69, 9.17) is 11.5 Å². The maximum Gasteiger partial charge on any atom is 0.227 e. The van der Waals surface area contributed by atoms with E-state index >= 15 is 0 Å². The smallest absolute Gasteiger partial charge is 0.227 e. The van der Waals surface area contributed by atoms with Crippen LogP contribution in [0.1, 0.15) is 37.8 Å². The lowest BCUT2D eigenvalue weighted by atomic mass is 9.83. The largest absolute Gasteiger partial charge is 0.369 e. The number of carbonyl (C=O) groups is 1. The first kappa shape index (κ1) is 12.1. The van der Waals surface area contributed by atoms with Crippen molar-refractivity contribution in [2.24, 2.45) is 11.5 Å². The van der Waals surface area contributed by atoms with E-state index < -0.39 is 5.41 Å². The Kier molecular flexibility index (Phi) is 2.74. The van der Waals surface area contributed by atoms with E-state index in [0.717, 1.165) is 24.8 Å². The van der Waals surface area contributed by atoms with Gasteiger partial charge in [-0.25, -0.2) is 0 Å². The minimum atomic E-state index is -0.613. The molecule has 1 saturated carbocycles. The molecule has 0 atom stereocenters. The standard InChI is InChI=1S/C14H20N2O/c1-13(2,12(15)17)11-5-3-10(4-6-11)9-14(16)7-8-14/h3-6H,7-9,16H2,1-2H3,(H2,15,17). The van der Waals surface area contributed by atoms with Crippen LogP contribution in [0.15, 0.2) is 24.3 Å². The van der Waals surface area contributed by atoms with Crippen molar-refractivity contribution in [3.8, 4) is 0 Å². The quantitative estimate of drug-likeness (QED) is 0.825. The molecule has 0 unspecified atom stereocenters. The number of rotatable bonds is 4. The molecule has 2 rings (SSSR count). The lowest BCUT2D eigenvalue weighted by Gasteiger charge is -2.21. The second-order valence-corrected chi connectivity index (χ2v) is 5.73. The minimum absolute atomic E-state index is 0.0285. The van der Waals surface area contributed by atoms with E-state index in [1.807, 2.05) is 38.1 Å². The normalized spacial score (nSPS) is 17.8. The first-order valence-corrected chi connectivity index (χ1v) is 6.02. The number of nitrogens with two attached hydrogens (primary N) is 2. The molecule has 0 radical (unpaired) electrons. The van der Waals surface area contributed by atoms with Gasteiger partial charge in [-0.15, -0.1) is 0 Å². The second-order valence-electron chi connectivity index (χ2n) is 5.73. The number of carbonyl (C=O) groups excluding carboxylic acids is 1. The third kappa shape index (κ3) is 2.50. The molecule has 3 nitrogen and oxygen atoms in total.